The number of nitrogens with one attached hydrogen (secondary N) is 1. The maximum atomic E-state index is 12.5. The lowest BCUT2D eigenvalue weighted by atomic mass is 10.2. The van der Waals surface area contributed by atoms with Crippen LogP contribution in [0.15, 0.2) is 33.0 Å². The van der Waals surface area contributed by atoms with E-state index in [2.05, 4.69) is 21.7 Å². The molecule has 1 atom stereocenters. The number of aromatic amines is 1. The Labute approximate surface area is 191 Å². The van der Waals surface area contributed by atoms with Gasteiger partial charge in [-0.2, -0.15) is 0 Å². The number of aryl methyl sites for hydroxylation is 1. The van der Waals surface area contributed by atoms with E-state index in [1.807, 2.05) is 6.07 Å². The van der Waals surface area contributed by atoms with Crippen LogP contribution in [0.1, 0.15) is 32.0 Å². The first-order valence-electron chi connectivity index (χ1n) is 10.6. The lowest BCUT2D eigenvalue weighted by Crippen LogP contribution is -2.25. The number of aromatic nitrogens is 5. The molecule has 1 aromatic carbocycles. The van der Waals surface area contributed by atoms with Gasteiger partial charge in [0.1, 0.15) is 5.82 Å². The van der Waals surface area contributed by atoms with E-state index in [0.29, 0.717) is 23.0 Å². The van der Waals surface area contributed by atoms with Crippen LogP contribution in [0, 0.1) is 0 Å². The van der Waals surface area contributed by atoms with Crippen molar-refractivity contribution in [3.05, 3.63) is 34.5 Å². The van der Waals surface area contributed by atoms with E-state index in [4.69, 9.17) is 9.72 Å². The zero-order valence-corrected chi connectivity index (χ0v) is 20.1. The van der Waals surface area contributed by atoms with Gasteiger partial charge in [0, 0.05) is 27.2 Å². The fourth-order valence-electron chi connectivity index (χ4n) is 3.81. The minimum Gasteiger partial charge on any atom is -0.376 e. The lowest BCUT2D eigenvalue weighted by molar-refractivity contribution is 0.0941. The maximum absolute atomic E-state index is 12.5. The maximum Gasteiger partial charge on any atom is 0.344 e. The second kappa shape index (κ2) is 9.38. The number of imidazole rings is 1. The summed E-state index contributed by atoms with van der Waals surface area (Å²) in [5, 5.41) is 7.30. The molecule has 0 bridgehead atoms. The van der Waals surface area contributed by atoms with E-state index >= 15 is 0 Å². The summed E-state index contributed by atoms with van der Waals surface area (Å²) in [7, 11) is -0.517. The van der Waals surface area contributed by atoms with Crippen molar-refractivity contribution in [2.45, 2.75) is 61.2 Å². The first kappa shape index (κ1) is 23.0. The summed E-state index contributed by atoms with van der Waals surface area (Å²) in [6, 6.07) is 5.05. The van der Waals surface area contributed by atoms with Crippen LogP contribution >= 0.6 is 11.8 Å². The van der Waals surface area contributed by atoms with Crippen molar-refractivity contribution >= 4 is 32.8 Å². The molecule has 2 aromatic heterocycles. The fraction of sp³-hybridized carbons (Fsp3) is 0.550. The van der Waals surface area contributed by atoms with Gasteiger partial charge in [0.25, 0.3) is 0 Å². The molecule has 0 spiro atoms. The number of nitrogens with zero attached hydrogens (tertiary/aromatic N) is 5. The predicted molar refractivity (Wildman–Crippen MR) is 122 cm³/mol. The van der Waals surface area contributed by atoms with Gasteiger partial charge < -0.3 is 9.30 Å². The van der Waals surface area contributed by atoms with Gasteiger partial charge in [0.15, 0.2) is 5.16 Å². The molecule has 1 aliphatic heterocycles. The highest BCUT2D eigenvalue weighted by molar-refractivity contribution is 7.98. The molecule has 0 amide bonds. The summed E-state index contributed by atoms with van der Waals surface area (Å²) in [5.41, 5.74) is 1.28. The molecular weight excluding hydrogens is 452 g/mol. The molecule has 12 heteroatoms. The highest BCUT2D eigenvalue weighted by atomic mass is 32.2. The summed E-state index contributed by atoms with van der Waals surface area (Å²) in [6.07, 6.45) is 2.89. The van der Waals surface area contributed by atoms with Crippen molar-refractivity contribution < 1.29 is 13.2 Å². The van der Waals surface area contributed by atoms with Gasteiger partial charge in [-0.25, -0.2) is 27.6 Å². The summed E-state index contributed by atoms with van der Waals surface area (Å²) in [5.74, 6) is 1.31. The van der Waals surface area contributed by atoms with Crippen molar-refractivity contribution in [1.82, 2.24) is 28.6 Å². The lowest BCUT2D eigenvalue weighted by Gasteiger charge is -2.12. The number of thioether (sulfide) groups is 1. The van der Waals surface area contributed by atoms with E-state index in [-0.39, 0.29) is 16.7 Å². The van der Waals surface area contributed by atoms with Crippen LogP contribution < -0.4 is 5.69 Å². The van der Waals surface area contributed by atoms with Crippen molar-refractivity contribution in [3.8, 4) is 0 Å². The average Bonchev–Trinajstić information content (AvgIpc) is 3.48. The second-order valence-corrected chi connectivity index (χ2v) is 11.1. The Morgan fingerprint density at radius 3 is 2.81 bits per heavy atom. The minimum absolute atomic E-state index is 0.0337. The molecule has 0 aliphatic carbocycles. The number of hydrogen-bond donors (Lipinski definition) is 1. The molecule has 4 rings (SSSR count). The molecule has 3 heterocycles. The smallest absolute Gasteiger partial charge is 0.344 e. The molecule has 10 nitrogen and oxygen atoms in total. The van der Waals surface area contributed by atoms with E-state index in [9.17, 15) is 13.2 Å². The SMILES string of the molecule is CCCn1c(CSc2n[nH]c(=O)n2CC2CCCO2)nc2cc(S(=O)(=O)N(C)C)ccc21. The molecule has 1 fully saturated rings. The number of hydrogen-bond acceptors (Lipinski definition) is 7. The van der Waals surface area contributed by atoms with Gasteiger partial charge in [0.05, 0.1) is 34.3 Å². The quantitative estimate of drug-likeness (QED) is 0.466. The molecule has 174 valence electrons. The molecule has 1 N–H and O–H groups in total. The van der Waals surface area contributed by atoms with Gasteiger partial charge in [-0.05, 0) is 37.5 Å². The molecular formula is C20H28N6O4S2. The summed E-state index contributed by atoms with van der Waals surface area (Å²) >= 11 is 1.43. The Bertz CT molecular complexity index is 1250. The number of H-pyrrole nitrogens is 1. The third kappa shape index (κ3) is 4.49. The predicted octanol–water partition coefficient (Wildman–Crippen LogP) is 2.05. The van der Waals surface area contributed by atoms with Crippen LogP contribution in [-0.2, 0) is 33.6 Å². The number of rotatable bonds is 9. The first-order chi connectivity index (χ1) is 15.3. The molecule has 32 heavy (non-hydrogen) atoms. The average molecular weight is 481 g/mol. The van der Waals surface area contributed by atoms with Gasteiger partial charge in [-0.15, -0.1) is 5.10 Å². The van der Waals surface area contributed by atoms with Crippen LogP contribution in [0.5, 0.6) is 0 Å². The van der Waals surface area contributed by atoms with Crippen molar-refractivity contribution in [2.24, 2.45) is 0 Å². The number of sulfonamides is 1. The molecule has 0 radical (unpaired) electrons. The molecule has 1 saturated heterocycles. The largest absolute Gasteiger partial charge is 0.376 e. The number of benzene rings is 1. The van der Waals surface area contributed by atoms with Crippen LogP contribution in [0.3, 0.4) is 0 Å². The van der Waals surface area contributed by atoms with Crippen LogP contribution in [0.4, 0.5) is 0 Å². The standard InChI is InChI=1S/C20H28N6O4S2/c1-4-9-25-17-8-7-15(32(28,29)24(2)3)11-16(17)21-18(25)13-31-20-23-22-19(27)26(20)12-14-6-5-10-30-14/h7-8,11,14H,4-6,9-10,12-13H2,1-3H3,(H,22,27). The van der Waals surface area contributed by atoms with E-state index in [0.717, 1.165) is 43.8 Å². The Balaban J connectivity index is 1.62. The molecule has 1 aliphatic rings. The third-order valence-corrected chi connectivity index (χ3v) is 8.27. The zero-order valence-electron chi connectivity index (χ0n) is 18.4. The van der Waals surface area contributed by atoms with Gasteiger partial charge in [-0.1, -0.05) is 18.7 Å². The Morgan fingerprint density at radius 2 is 2.12 bits per heavy atom. The van der Waals surface area contributed by atoms with Crippen molar-refractivity contribution in [3.63, 3.8) is 0 Å². The van der Waals surface area contributed by atoms with Gasteiger partial charge in [-0.3, -0.25) is 4.57 Å². The summed E-state index contributed by atoms with van der Waals surface area (Å²) in [4.78, 5) is 17.2. The number of fused-ring (bicyclic) bond motifs is 1. The molecule has 0 saturated carbocycles. The molecule has 1 unspecified atom stereocenters. The fourth-order valence-corrected chi connectivity index (χ4v) is 5.63. The van der Waals surface area contributed by atoms with Gasteiger partial charge >= 0.3 is 5.69 Å². The first-order valence-corrected chi connectivity index (χ1v) is 13.0. The number of ether oxygens (including phenoxy) is 1. The molecule has 3 aromatic rings. The summed E-state index contributed by atoms with van der Waals surface area (Å²) in [6.45, 7) is 4.05. The summed E-state index contributed by atoms with van der Waals surface area (Å²) < 4.78 is 35.6. The van der Waals surface area contributed by atoms with Crippen molar-refractivity contribution in [1.29, 1.82) is 0 Å². The second-order valence-electron chi connectivity index (χ2n) is 7.96. The third-order valence-electron chi connectivity index (χ3n) is 5.49. The highest BCUT2D eigenvalue weighted by Gasteiger charge is 2.22. The van der Waals surface area contributed by atoms with E-state index < -0.39 is 10.0 Å². The minimum atomic E-state index is -3.54. The van der Waals surface area contributed by atoms with Crippen LogP contribution in [0.25, 0.3) is 11.0 Å². The van der Waals surface area contributed by atoms with E-state index in [1.165, 1.54) is 30.2 Å². The highest BCUT2D eigenvalue weighted by Crippen LogP contribution is 2.26. The van der Waals surface area contributed by atoms with Crippen LogP contribution in [-0.4, -0.2) is 63.8 Å². The topological polar surface area (TPSA) is 115 Å². The monoisotopic (exact) mass is 480 g/mol. The Hall–Kier alpha value is -2.15. The Morgan fingerprint density at radius 1 is 1.31 bits per heavy atom. The van der Waals surface area contributed by atoms with Crippen molar-refractivity contribution in [2.75, 3.05) is 20.7 Å². The Kier molecular flexibility index (Phi) is 6.75. The van der Waals surface area contributed by atoms with E-state index in [1.54, 1.807) is 16.7 Å². The normalized spacial score (nSPS) is 17.1. The zero-order chi connectivity index (χ0) is 22.9. The van der Waals surface area contributed by atoms with Gasteiger partial charge in [0.2, 0.25) is 10.0 Å². The van der Waals surface area contributed by atoms with Crippen LogP contribution in [0.2, 0.25) is 0 Å².